The molecule has 0 fully saturated rings. The van der Waals surface area contributed by atoms with Crippen molar-refractivity contribution in [2.45, 2.75) is 17.1 Å². The van der Waals surface area contributed by atoms with E-state index in [1.54, 1.807) is 18.3 Å². The van der Waals surface area contributed by atoms with Gasteiger partial charge in [0.1, 0.15) is 11.5 Å². The van der Waals surface area contributed by atoms with Gasteiger partial charge in [0, 0.05) is 18.3 Å². The number of hydrogen-bond donors (Lipinski definition) is 1. The Morgan fingerprint density at radius 1 is 1.19 bits per heavy atom. The maximum atomic E-state index is 12.5. The molecule has 1 aromatic carbocycles. The summed E-state index contributed by atoms with van der Waals surface area (Å²) >= 11 is 0. The highest BCUT2D eigenvalue weighted by molar-refractivity contribution is 7.84. The second-order valence-electron chi connectivity index (χ2n) is 5.30. The van der Waals surface area contributed by atoms with Crippen LogP contribution in [-0.2, 0) is 16.6 Å². The zero-order valence-electron chi connectivity index (χ0n) is 13.5. The molecule has 0 bridgehead atoms. The molecule has 26 heavy (non-hydrogen) atoms. The smallest absolute Gasteiger partial charge is 0.422 e. The lowest BCUT2D eigenvalue weighted by Gasteiger charge is -2.08. The van der Waals surface area contributed by atoms with Crippen LogP contribution in [0.15, 0.2) is 41.7 Å². The first kappa shape index (κ1) is 18.2. The third-order valence-electron chi connectivity index (χ3n) is 3.35. The van der Waals surface area contributed by atoms with Crippen LogP contribution in [0.25, 0.3) is 11.0 Å². The summed E-state index contributed by atoms with van der Waals surface area (Å²) in [5.74, 6) is 0.766. The number of ether oxygens (including phenoxy) is 2. The molecule has 0 amide bonds. The number of nitrogens with one attached hydrogen (secondary N) is 1. The zero-order valence-corrected chi connectivity index (χ0v) is 14.4. The Bertz CT molecular complexity index is 943. The number of aromatic nitrogens is 3. The molecule has 3 rings (SSSR count). The molecule has 0 saturated carbocycles. The van der Waals surface area contributed by atoms with Crippen molar-refractivity contribution in [3.63, 3.8) is 0 Å². The van der Waals surface area contributed by atoms with Gasteiger partial charge in [-0.2, -0.15) is 13.2 Å². The van der Waals surface area contributed by atoms with Crippen LogP contribution < -0.4 is 9.47 Å². The first-order valence-electron chi connectivity index (χ1n) is 7.41. The number of rotatable bonds is 6. The maximum absolute atomic E-state index is 12.5. The van der Waals surface area contributed by atoms with Crippen LogP contribution >= 0.6 is 0 Å². The highest BCUT2D eigenvalue weighted by Gasteiger charge is 2.28. The normalized spacial score (nSPS) is 12.9. The molecule has 0 saturated heterocycles. The van der Waals surface area contributed by atoms with Crippen molar-refractivity contribution < 1.29 is 26.9 Å². The number of hydrogen-bond acceptors (Lipinski definition) is 5. The Morgan fingerprint density at radius 3 is 2.73 bits per heavy atom. The largest absolute Gasteiger partial charge is 0.497 e. The molecule has 138 valence electrons. The molecule has 1 atom stereocenters. The van der Waals surface area contributed by atoms with Crippen molar-refractivity contribution in [1.82, 2.24) is 15.0 Å². The van der Waals surface area contributed by atoms with Crippen molar-refractivity contribution in [2.75, 3.05) is 13.7 Å². The van der Waals surface area contributed by atoms with Crippen LogP contribution in [0.5, 0.6) is 11.5 Å². The van der Waals surface area contributed by atoms with Gasteiger partial charge < -0.3 is 14.5 Å². The fraction of sp³-hybridized carbons (Fsp3) is 0.250. The fourth-order valence-electron chi connectivity index (χ4n) is 2.19. The number of halogens is 3. The van der Waals surface area contributed by atoms with E-state index in [9.17, 15) is 17.4 Å². The van der Waals surface area contributed by atoms with E-state index in [2.05, 4.69) is 15.0 Å². The molecule has 3 aromatic rings. The van der Waals surface area contributed by atoms with Crippen molar-refractivity contribution >= 4 is 21.8 Å². The number of fused-ring (bicyclic) bond motifs is 1. The quantitative estimate of drug-likeness (QED) is 0.705. The Morgan fingerprint density at radius 2 is 2.00 bits per heavy atom. The van der Waals surface area contributed by atoms with E-state index in [1.807, 2.05) is 0 Å². The predicted molar refractivity (Wildman–Crippen MR) is 88.5 cm³/mol. The van der Waals surface area contributed by atoms with Gasteiger partial charge in [-0.15, -0.1) is 0 Å². The highest BCUT2D eigenvalue weighted by Crippen LogP contribution is 2.23. The maximum Gasteiger partial charge on any atom is 0.422 e. The van der Waals surface area contributed by atoms with Crippen LogP contribution in [0.3, 0.4) is 0 Å². The summed E-state index contributed by atoms with van der Waals surface area (Å²) in [7, 11) is 0.0143. The number of H-pyrrole nitrogens is 1. The minimum atomic E-state index is -4.42. The van der Waals surface area contributed by atoms with Crippen molar-refractivity contribution in [1.29, 1.82) is 0 Å². The van der Waals surface area contributed by atoms with Crippen LogP contribution in [0, 0.1) is 0 Å². The summed E-state index contributed by atoms with van der Waals surface area (Å²) in [5.41, 5.74) is 1.48. The second kappa shape index (κ2) is 7.32. The van der Waals surface area contributed by atoms with Gasteiger partial charge in [-0.25, -0.2) is 4.98 Å². The number of imidazole rings is 1. The Hall–Kier alpha value is -2.62. The van der Waals surface area contributed by atoms with Crippen LogP contribution in [0.2, 0.25) is 0 Å². The van der Waals surface area contributed by atoms with Gasteiger partial charge in [0.15, 0.2) is 11.8 Å². The van der Waals surface area contributed by atoms with E-state index >= 15 is 0 Å². The average molecular weight is 385 g/mol. The number of nitrogens with zero attached hydrogens (tertiary/aromatic N) is 2. The van der Waals surface area contributed by atoms with Gasteiger partial charge >= 0.3 is 6.18 Å². The Labute approximate surface area is 148 Å². The standard InChI is InChI=1S/C16H14F3N3O3S/c1-24-11-4-5-20-10(6-11)8-26(23)15-21-13-3-2-12(7-14(13)22-15)25-9-16(17,18)19/h2-7H,8-9H2,1H3,(H,21,22). The van der Waals surface area contributed by atoms with Crippen LogP contribution in [-0.4, -0.2) is 39.1 Å². The first-order chi connectivity index (χ1) is 12.3. The number of aromatic amines is 1. The molecule has 0 aliphatic carbocycles. The predicted octanol–water partition coefficient (Wildman–Crippen LogP) is 3.22. The van der Waals surface area contributed by atoms with Gasteiger partial charge in [-0.3, -0.25) is 9.19 Å². The number of methoxy groups -OCH3 is 1. The summed E-state index contributed by atoms with van der Waals surface area (Å²) in [6.45, 7) is -1.38. The first-order valence-corrected chi connectivity index (χ1v) is 8.72. The summed E-state index contributed by atoms with van der Waals surface area (Å²) < 4.78 is 59.0. The second-order valence-corrected chi connectivity index (χ2v) is 6.67. The third kappa shape index (κ3) is 4.51. The molecule has 0 aliphatic rings. The Kier molecular flexibility index (Phi) is 5.12. The molecule has 0 spiro atoms. The molecule has 10 heteroatoms. The minimum Gasteiger partial charge on any atom is -0.497 e. The summed E-state index contributed by atoms with van der Waals surface area (Å²) in [6.07, 6.45) is -2.87. The molecule has 0 aliphatic heterocycles. The highest BCUT2D eigenvalue weighted by atomic mass is 32.2. The molecular weight excluding hydrogens is 371 g/mol. The summed E-state index contributed by atoms with van der Waals surface area (Å²) in [4.78, 5) is 11.2. The fourth-order valence-corrected chi connectivity index (χ4v) is 3.18. The number of benzene rings is 1. The average Bonchev–Trinajstić information content (AvgIpc) is 3.03. The zero-order chi connectivity index (χ0) is 18.7. The number of pyridine rings is 1. The lowest BCUT2D eigenvalue weighted by atomic mass is 10.3. The topological polar surface area (TPSA) is 77.1 Å². The summed E-state index contributed by atoms with van der Waals surface area (Å²) in [5, 5.41) is 0.206. The Balaban J connectivity index is 1.76. The lowest BCUT2D eigenvalue weighted by molar-refractivity contribution is -0.153. The van der Waals surface area contributed by atoms with E-state index < -0.39 is 23.6 Å². The monoisotopic (exact) mass is 385 g/mol. The molecule has 1 N–H and O–H groups in total. The summed E-state index contributed by atoms with van der Waals surface area (Å²) in [6, 6.07) is 7.62. The SMILES string of the molecule is COc1ccnc(CS(=O)c2nc3ccc(OCC(F)(F)F)cc3[nH]2)c1. The molecule has 2 heterocycles. The molecule has 2 aromatic heterocycles. The van der Waals surface area contributed by atoms with E-state index in [4.69, 9.17) is 9.47 Å². The van der Waals surface area contributed by atoms with Crippen LogP contribution in [0.1, 0.15) is 5.69 Å². The minimum absolute atomic E-state index is 0.0465. The molecular formula is C16H14F3N3O3S. The van der Waals surface area contributed by atoms with Gasteiger partial charge in [-0.1, -0.05) is 0 Å². The van der Waals surface area contributed by atoms with Crippen molar-refractivity contribution in [3.05, 3.63) is 42.2 Å². The van der Waals surface area contributed by atoms with Gasteiger partial charge in [0.25, 0.3) is 0 Å². The third-order valence-corrected chi connectivity index (χ3v) is 4.54. The van der Waals surface area contributed by atoms with Gasteiger partial charge in [-0.05, 0) is 18.2 Å². The van der Waals surface area contributed by atoms with Crippen LogP contribution in [0.4, 0.5) is 13.2 Å². The van der Waals surface area contributed by atoms with Crippen molar-refractivity contribution in [3.8, 4) is 11.5 Å². The van der Waals surface area contributed by atoms with E-state index in [-0.39, 0.29) is 16.7 Å². The van der Waals surface area contributed by atoms with E-state index in [0.29, 0.717) is 22.5 Å². The van der Waals surface area contributed by atoms with Gasteiger partial charge in [0.05, 0.1) is 40.4 Å². The van der Waals surface area contributed by atoms with Gasteiger partial charge in [0.2, 0.25) is 0 Å². The molecule has 1 unspecified atom stereocenters. The van der Waals surface area contributed by atoms with E-state index in [1.165, 1.54) is 25.3 Å². The lowest BCUT2D eigenvalue weighted by Crippen LogP contribution is -2.19. The van der Waals surface area contributed by atoms with Crippen molar-refractivity contribution in [2.24, 2.45) is 0 Å². The van der Waals surface area contributed by atoms with E-state index in [0.717, 1.165) is 0 Å². The number of alkyl halides is 3. The molecule has 6 nitrogen and oxygen atoms in total. The molecule has 0 radical (unpaired) electrons.